The summed E-state index contributed by atoms with van der Waals surface area (Å²) in [5.74, 6) is -0.908. The molecule has 1 aliphatic rings. The monoisotopic (exact) mass is 448 g/mol. The maximum atomic E-state index is 10.6. The Morgan fingerprint density at radius 3 is 2.12 bits per heavy atom. The molecule has 0 heterocycles. The Morgan fingerprint density at radius 1 is 0.970 bits per heavy atom. The lowest BCUT2D eigenvalue weighted by atomic mass is 9.97. The first-order chi connectivity index (χ1) is 15.9. The van der Waals surface area contributed by atoms with E-state index in [9.17, 15) is 14.4 Å². The largest absolute Gasteiger partial charge is 0.481 e. The lowest BCUT2D eigenvalue weighted by Gasteiger charge is -2.15. The predicted molar refractivity (Wildman–Crippen MR) is 132 cm³/mol. The highest BCUT2D eigenvalue weighted by Gasteiger charge is 2.06. The summed E-state index contributed by atoms with van der Waals surface area (Å²) in [6, 6.07) is 20.9. The lowest BCUT2D eigenvalue weighted by Crippen LogP contribution is -2.22. The third-order valence-electron chi connectivity index (χ3n) is 5.19. The minimum Gasteiger partial charge on any atom is -0.481 e. The van der Waals surface area contributed by atoms with Gasteiger partial charge in [0.1, 0.15) is 6.29 Å². The van der Waals surface area contributed by atoms with Crippen LogP contribution in [0.3, 0.4) is 0 Å². The van der Waals surface area contributed by atoms with Crippen LogP contribution in [0.1, 0.15) is 54.9 Å². The molecule has 6 heteroatoms. The number of carboxylic acids is 1. The van der Waals surface area contributed by atoms with Crippen LogP contribution in [0.4, 0.5) is 5.69 Å². The number of fused-ring (bicyclic) bond motifs is 1. The molecule has 3 aromatic rings. The van der Waals surface area contributed by atoms with Gasteiger partial charge in [0.15, 0.2) is 0 Å². The highest BCUT2D eigenvalue weighted by atomic mass is 16.4. The zero-order valence-electron chi connectivity index (χ0n) is 19.0. The summed E-state index contributed by atoms with van der Waals surface area (Å²) in [4.78, 5) is 31.3. The maximum Gasteiger partial charge on any atom is 0.307 e. The molecule has 1 fully saturated rings. The maximum absolute atomic E-state index is 10.6. The van der Waals surface area contributed by atoms with Gasteiger partial charge in [-0.3, -0.25) is 14.4 Å². The average Bonchev–Trinajstić information content (AvgIpc) is 2.80. The molecule has 0 aliphatic heterocycles. The molecule has 1 aliphatic carbocycles. The Bertz CT molecular complexity index is 1040. The van der Waals surface area contributed by atoms with Gasteiger partial charge in [0.05, 0.1) is 6.42 Å². The zero-order chi connectivity index (χ0) is 24.1. The number of nitrogens with two attached hydrogens (primary N) is 1. The van der Waals surface area contributed by atoms with Crippen molar-refractivity contribution in [2.45, 2.75) is 51.5 Å². The summed E-state index contributed by atoms with van der Waals surface area (Å²) in [5.41, 5.74) is 7.78. The Labute approximate surface area is 194 Å². The van der Waals surface area contributed by atoms with Gasteiger partial charge < -0.3 is 16.2 Å². The van der Waals surface area contributed by atoms with E-state index in [0.717, 1.165) is 22.6 Å². The van der Waals surface area contributed by atoms with Crippen LogP contribution in [-0.4, -0.2) is 29.3 Å². The highest BCUT2D eigenvalue weighted by molar-refractivity contribution is 5.89. The molecule has 0 atom stereocenters. The van der Waals surface area contributed by atoms with Crippen LogP contribution in [0, 0.1) is 0 Å². The van der Waals surface area contributed by atoms with Crippen LogP contribution >= 0.6 is 0 Å². The van der Waals surface area contributed by atoms with E-state index in [1.54, 1.807) is 24.3 Å². The van der Waals surface area contributed by atoms with Crippen molar-refractivity contribution in [1.29, 1.82) is 0 Å². The fourth-order valence-electron chi connectivity index (χ4n) is 3.51. The van der Waals surface area contributed by atoms with Crippen LogP contribution in [0.25, 0.3) is 10.8 Å². The van der Waals surface area contributed by atoms with E-state index in [-0.39, 0.29) is 12.3 Å². The molecule has 0 spiro atoms. The topological polar surface area (TPSA) is 109 Å². The van der Waals surface area contributed by atoms with Crippen LogP contribution in [0.5, 0.6) is 0 Å². The van der Waals surface area contributed by atoms with Crippen molar-refractivity contribution in [2.75, 3.05) is 5.32 Å². The van der Waals surface area contributed by atoms with Crippen molar-refractivity contribution < 1.29 is 19.5 Å². The number of nitrogens with one attached hydrogen (secondary N) is 1. The molecule has 174 valence electrons. The van der Waals surface area contributed by atoms with Gasteiger partial charge in [-0.25, -0.2) is 0 Å². The summed E-state index contributed by atoms with van der Waals surface area (Å²) in [6.45, 7) is 1.44. The van der Waals surface area contributed by atoms with Gasteiger partial charge in [0, 0.05) is 24.2 Å². The minimum atomic E-state index is -0.791. The first-order valence-corrected chi connectivity index (χ1v) is 11.1. The van der Waals surface area contributed by atoms with Crippen LogP contribution in [-0.2, 0) is 16.0 Å². The standard InChI is InChI=1S/C12H10O2.C9H9NO2.C6H13N/c13-12(14)8-9-5-6-10-3-1-2-4-11(10)7-9;1-7(12)10-9-4-2-8(6-11)3-5-9;7-6-4-2-1-3-5-6/h1-7H,8H2,(H,13,14);2-6H,1H3,(H,10,12);6H,1-5,7H2. The quantitative estimate of drug-likeness (QED) is 0.475. The van der Waals surface area contributed by atoms with Crippen LogP contribution in [0.15, 0.2) is 66.7 Å². The number of aliphatic carboxylic acids is 1. The molecule has 1 saturated carbocycles. The molecule has 0 unspecified atom stereocenters. The molecular formula is C27H32N2O4. The molecule has 1 amide bonds. The first kappa shape index (κ1) is 25.7. The fraction of sp³-hybridized carbons (Fsp3) is 0.296. The second-order valence-corrected chi connectivity index (χ2v) is 8.07. The number of aldehydes is 1. The molecule has 0 bridgehead atoms. The number of carbonyl (C=O) groups excluding carboxylic acids is 2. The first-order valence-electron chi connectivity index (χ1n) is 11.1. The molecule has 33 heavy (non-hydrogen) atoms. The molecule has 0 saturated heterocycles. The number of rotatable bonds is 4. The highest BCUT2D eigenvalue weighted by Crippen LogP contribution is 2.16. The Morgan fingerprint density at radius 2 is 1.61 bits per heavy atom. The lowest BCUT2D eigenvalue weighted by molar-refractivity contribution is -0.136. The summed E-state index contributed by atoms with van der Waals surface area (Å²) < 4.78 is 0. The van der Waals surface area contributed by atoms with Crippen molar-refractivity contribution in [2.24, 2.45) is 5.73 Å². The summed E-state index contributed by atoms with van der Waals surface area (Å²) in [5, 5.41) is 13.5. The number of hydrogen-bond donors (Lipinski definition) is 3. The Hall–Kier alpha value is -3.51. The van der Waals surface area contributed by atoms with E-state index in [1.165, 1.54) is 39.0 Å². The van der Waals surface area contributed by atoms with Crippen molar-refractivity contribution in [3.8, 4) is 0 Å². The fourth-order valence-corrected chi connectivity index (χ4v) is 3.51. The SMILES string of the molecule is CC(=O)Nc1ccc(C=O)cc1.NC1CCCCC1.O=C(O)Cc1ccc2ccccc2c1. The summed E-state index contributed by atoms with van der Waals surface area (Å²) in [6.07, 6.45) is 7.51. The van der Waals surface area contributed by atoms with Crippen molar-refractivity contribution in [3.63, 3.8) is 0 Å². The van der Waals surface area contributed by atoms with Gasteiger partial charge in [0.2, 0.25) is 5.91 Å². The molecule has 4 N–H and O–H groups in total. The number of benzene rings is 3. The Kier molecular flexibility index (Phi) is 10.8. The second-order valence-electron chi connectivity index (χ2n) is 8.07. The van der Waals surface area contributed by atoms with Gasteiger partial charge in [-0.05, 0) is 53.4 Å². The van der Waals surface area contributed by atoms with E-state index in [4.69, 9.17) is 10.8 Å². The van der Waals surface area contributed by atoms with Gasteiger partial charge >= 0.3 is 5.97 Å². The Balaban J connectivity index is 0.000000185. The van der Waals surface area contributed by atoms with Gasteiger partial charge in [-0.2, -0.15) is 0 Å². The molecule has 6 nitrogen and oxygen atoms in total. The molecule has 0 aromatic heterocycles. The third kappa shape index (κ3) is 10.1. The normalized spacial score (nSPS) is 13.0. The second kappa shape index (κ2) is 13.8. The minimum absolute atomic E-state index is 0.0881. The molecule has 4 rings (SSSR count). The number of hydrogen-bond acceptors (Lipinski definition) is 4. The van der Waals surface area contributed by atoms with Crippen molar-refractivity contribution in [1.82, 2.24) is 0 Å². The van der Waals surface area contributed by atoms with Crippen LogP contribution < -0.4 is 11.1 Å². The number of anilines is 1. The predicted octanol–water partition coefficient (Wildman–Crippen LogP) is 5.20. The van der Waals surface area contributed by atoms with E-state index in [0.29, 0.717) is 17.3 Å². The molecule has 3 aromatic carbocycles. The van der Waals surface area contributed by atoms with E-state index in [2.05, 4.69) is 5.32 Å². The van der Waals surface area contributed by atoms with E-state index >= 15 is 0 Å². The van der Waals surface area contributed by atoms with E-state index < -0.39 is 5.97 Å². The third-order valence-corrected chi connectivity index (χ3v) is 5.19. The molecular weight excluding hydrogens is 416 g/mol. The van der Waals surface area contributed by atoms with E-state index in [1.807, 2.05) is 42.5 Å². The van der Waals surface area contributed by atoms with Crippen molar-refractivity contribution >= 4 is 34.6 Å². The van der Waals surface area contributed by atoms with Crippen molar-refractivity contribution in [3.05, 3.63) is 77.9 Å². The summed E-state index contributed by atoms with van der Waals surface area (Å²) >= 11 is 0. The number of amides is 1. The number of carbonyl (C=O) groups is 3. The van der Waals surface area contributed by atoms with Gasteiger partial charge in [-0.1, -0.05) is 61.7 Å². The number of carboxylic acid groups (broad SMARTS) is 1. The van der Waals surface area contributed by atoms with Crippen LogP contribution in [0.2, 0.25) is 0 Å². The molecule has 0 radical (unpaired) electrons. The zero-order valence-corrected chi connectivity index (χ0v) is 19.0. The van der Waals surface area contributed by atoms with Gasteiger partial charge in [0.25, 0.3) is 0 Å². The van der Waals surface area contributed by atoms with Gasteiger partial charge in [-0.15, -0.1) is 0 Å². The summed E-state index contributed by atoms with van der Waals surface area (Å²) in [7, 11) is 0. The smallest absolute Gasteiger partial charge is 0.307 e. The average molecular weight is 449 g/mol.